The minimum absolute atomic E-state index is 0. The lowest BCUT2D eigenvalue weighted by molar-refractivity contribution is -0.738. The zero-order valence-corrected chi connectivity index (χ0v) is 16.2. The Morgan fingerprint density at radius 2 is 1.73 bits per heavy atom. The maximum absolute atomic E-state index is 10.7. The lowest BCUT2D eigenvalue weighted by atomic mass is 10.0. The van der Waals surface area contributed by atoms with Crippen LogP contribution in [-0.4, -0.2) is 16.2 Å². The quantitative estimate of drug-likeness (QED) is 0.449. The Labute approximate surface area is 163 Å². The summed E-state index contributed by atoms with van der Waals surface area (Å²) in [4.78, 5) is 10.7. The monoisotopic (exact) mass is 415 g/mol. The molecule has 0 amide bonds. The van der Waals surface area contributed by atoms with Gasteiger partial charge >= 0.3 is 11.8 Å². The molecule has 0 aliphatic carbocycles. The van der Waals surface area contributed by atoms with Crippen LogP contribution in [0.4, 0.5) is 5.82 Å². The second kappa shape index (κ2) is 8.76. The molecule has 3 N–H and O–H groups in total. The Hall–Kier alpha value is -2.47. The van der Waals surface area contributed by atoms with E-state index >= 15 is 0 Å². The number of carboxylic acids is 1. The van der Waals surface area contributed by atoms with Gasteiger partial charge in [-0.25, -0.2) is 0 Å². The molecule has 0 atom stereocenters. The fourth-order valence-electron chi connectivity index (χ4n) is 2.91. The van der Waals surface area contributed by atoms with Crippen LogP contribution in [-0.2, 0) is 11.3 Å². The summed E-state index contributed by atoms with van der Waals surface area (Å²) >= 11 is 0. The van der Waals surface area contributed by atoms with Gasteiger partial charge in [0.25, 0.3) is 0 Å². The van der Waals surface area contributed by atoms with Gasteiger partial charge in [-0.1, -0.05) is 53.1 Å². The molecule has 1 aromatic heterocycles. The third kappa shape index (κ3) is 4.38. The van der Waals surface area contributed by atoms with E-state index in [-0.39, 0.29) is 23.4 Å². The number of carbonyl (C=O) groups is 1. The van der Waals surface area contributed by atoms with Crippen molar-refractivity contribution < 1.29 is 31.6 Å². The minimum atomic E-state index is -0.773. The van der Waals surface area contributed by atoms with Crippen LogP contribution in [0.15, 0.2) is 48.5 Å². The Balaban J connectivity index is 0.00000243. The van der Waals surface area contributed by atoms with Crippen molar-refractivity contribution in [3.05, 3.63) is 54.1 Å². The predicted octanol–water partition coefficient (Wildman–Crippen LogP) is 0.339. The van der Waals surface area contributed by atoms with Crippen molar-refractivity contribution in [1.29, 1.82) is 0 Å². The summed E-state index contributed by atoms with van der Waals surface area (Å²) in [6.45, 7) is 2.66. The number of aromatic nitrogens is 2. The summed E-state index contributed by atoms with van der Waals surface area (Å²) in [6, 6.07) is 16.2. The molecule has 26 heavy (non-hydrogen) atoms. The number of nitrogens with zero attached hydrogens (tertiary/aromatic N) is 2. The number of rotatable bonds is 6. The first-order chi connectivity index (χ1) is 12.1. The van der Waals surface area contributed by atoms with Crippen LogP contribution >= 0.6 is 0 Å². The Morgan fingerprint density at radius 3 is 2.38 bits per heavy atom. The van der Waals surface area contributed by atoms with Crippen LogP contribution in [0.5, 0.6) is 0 Å². The van der Waals surface area contributed by atoms with E-state index in [2.05, 4.69) is 31.2 Å². The fourth-order valence-corrected chi connectivity index (χ4v) is 2.91. The zero-order valence-electron chi connectivity index (χ0n) is 14.7. The molecule has 0 aliphatic heterocycles. The van der Waals surface area contributed by atoms with Gasteiger partial charge in [0, 0.05) is 17.4 Å². The van der Waals surface area contributed by atoms with E-state index in [1.54, 1.807) is 4.68 Å². The summed E-state index contributed by atoms with van der Waals surface area (Å²) in [5, 5.41) is 15.5. The van der Waals surface area contributed by atoms with Gasteiger partial charge in [0.1, 0.15) is 12.2 Å². The molecular weight excluding hydrogens is 394 g/mol. The van der Waals surface area contributed by atoms with E-state index in [9.17, 15) is 4.79 Å². The SMILES string of the molecule is Cc1ccc(-c2n[n+](CCCCC(=O)O)c(N)c3ccccc23)cc1.[Br-]. The van der Waals surface area contributed by atoms with Crippen molar-refractivity contribution in [2.75, 3.05) is 5.73 Å². The Kier molecular flexibility index (Phi) is 6.69. The van der Waals surface area contributed by atoms with Gasteiger partial charge in [-0.2, -0.15) is 0 Å². The lowest BCUT2D eigenvalue weighted by Crippen LogP contribution is -3.00. The first kappa shape index (κ1) is 19.8. The smallest absolute Gasteiger partial charge is 0.303 e. The van der Waals surface area contributed by atoms with Crippen LogP contribution in [0.25, 0.3) is 22.0 Å². The Morgan fingerprint density at radius 1 is 1.08 bits per heavy atom. The number of hydrogen-bond acceptors (Lipinski definition) is 3. The molecule has 0 unspecified atom stereocenters. The van der Waals surface area contributed by atoms with Gasteiger partial charge in [-0.05, 0) is 25.8 Å². The van der Waals surface area contributed by atoms with Crippen LogP contribution in [0.3, 0.4) is 0 Å². The first-order valence-electron chi connectivity index (χ1n) is 8.43. The number of unbranched alkanes of at least 4 members (excludes halogenated alkanes) is 1. The second-order valence-electron chi connectivity index (χ2n) is 6.22. The number of aryl methyl sites for hydroxylation is 2. The molecule has 5 nitrogen and oxygen atoms in total. The topological polar surface area (TPSA) is 80.1 Å². The molecule has 0 aliphatic rings. The molecule has 1 heterocycles. The number of nitrogens with two attached hydrogens (primary N) is 1. The standard InChI is InChI=1S/C20H21N3O2.BrH/c1-14-9-11-15(12-10-14)19-16-6-2-3-7-17(16)20(21)23(22-19)13-5-4-8-18(24)25;/h2-3,6-7,9-12,21H,4-5,8,13H2,1H3,(H,24,25);1H. The van der Waals surface area contributed by atoms with Crippen LogP contribution in [0.1, 0.15) is 24.8 Å². The molecule has 0 saturated heterocycles. The summed E-state index contributed by atoms with van der Waals surface area (Å²) in [5.74, 6) is -0.161. The van der Waals surface area contributed by atoms with E-state index in [4.69, 9.17) is 15.9 Å². The maximum atomic E-state index is 10.7. The number of aliphatic carboxylic acids is 1. The largest absolute Gasteiger partial charge is 1.00 e. The maximum Gasteiger partial charge on any atom is 0.303 e. The minimum Gasteiger partial charge on any atom is -1.00 e. The van der Waals surface area contributed by atoms with E-state index in [1.807, 2.05) is 24.3 Å². The number of nitrogen functional groups attached to an aromatic ring is 1. The molecule has 136 valence electrons. The van der Waals surface area contributed by atoms with Crippen LogP contribution in [0, 0.1) is 6.92 Å². The zero-order chi connectivity index (χ0) is 17.8. The first-order valence-corrected chi connectivity index (χ1v) is 8.43. The molecule has 0 bridgehead atoms. The number of anilines is 1. The summed E-state index contributed by atoms with van der Waals surface area (Å²) in [7, 11) is 0. The van der Waals surface area contributed by atoms with Gasteiger partial charge < -0.3 is 22.1 Å². The van der Waals surface area contributed by atoms with Crippen molar-refractivity contribution >= 4 is 22.6 Å². The summed E-state index contributed by atoms with van der Waals surface area (Å²) < 4.78 is 1.79. The van der Waals surface area contributed by atoms with Crippen LogP contribution in [0.2, 0.25) is 0 Å². The van der Waals surface area contributed by atoms with Gasteiger partial charge in [-0.15, -0.1) is 4.68 Å². The highest BCUT2D eigenvalue weighted by Crippen LogP contribution is 2.28. The summed E-state index contributed by atoms with van der Waals surface area (Å²) in [6.07, 6.45) is 1.49. The van der Waals surface area contributed by atoms with E-state index in [0.717, 1.165) is 28.5 Å². The molecule has 6 heteroatoms. The van der Waals surface area contributed by atoms with E-state index in [1.165, 1.54) is 5.56 Å². The third-order valence-electron chi connectivity index (χ3n) is 4.29. The predicted molar refractivity (Wildman–Crippen MR) is 98.0 cm³/mol. The summed E-state index contributed by atoms with van der Waals surface area (Å²) in [5.41, 5.74) is 9.45. The molecule has 0 fully saturated rings. The molecule has 0 saturated carbocycles. The number of hydrogen-bond donors (Lipinski definition) is 2. The fraction of sp³-hybridized carbons (Fsp3) is 0.250. The lowest BCUT2D eigenvalue weighted by Gasteiger charge is -2.10. The van der Waals surface area contributed by atoms with Gasteiger partial charge in [0.05, 0.1) is 5.39 Å². The van der Waals surface area contributed by atoms with Gasteiger partial charge in [0.15, 0.2) is 0 Å². The number of halogens is 1. The van der Waals surface area contributed by atoms with E-state index < -0.39 is 5.97 Å². The van der Waals surface area contributed by atoms with Crippen molar-refractivity contribution in [2.24, 2.45) is 0 Å². The van der Waals surface area contributed by atoms with Crippen molar-refractivity contribution in [2.45, 2.75) is 32.7 Å². The van der Waals surface area contributed by atoms with Crippen molar-refractivity contribution in [3.63, 3.8) is 0 Å². The molecule has 0 spiro atoms. The number of fused-ring (bicyclic) bond motifs is 1. The van der Waals surface area contributed by atoms with Crippen LogP contribution < -0.4 is 27.4 Å². The average molecular weight is 416 g/mol. The highest BCUT2D eigenvalue weighted by molar-refractivity contribution is 5.98. The van der Waals surface area contributed by atoms with Gasteiger partial charge in [-0.3, -0.25) is 10.5 Å². The molecular formula is C20H22BrN3O2. The Bertz CT molecular complexity index is 911. The molecule has 3 aromatic rings. The molecule has 3 rings (SSSR count). The highest BCUT2D eigenvalue weighted by atomic mass is 79.9. The molecule has 0 radical (unpaired) electrons. The number of carboxylic acid groups (broad SMARTS) is 1. The van der Waals surface area contributed by atoms with Crippen molar-refractivity contribution in [1.82, 2.24) is 5.10 Å². The van der Waals surface area contributed by atoms with Gasteiger partial charge in [0.2, 0.25) is 0 Å². The van der Waals surface area contributed by atoms with E-state index in [0.29, 0.717) is 18.8 Å². The van der Waals surface area contributed by atoms with Crippen molar-refractivity contribution in [3.8, 4) is 11.3 Å². The normalized spacial score (nSPS) is 10.5. The number of benzene rings is 2. The third-order valence-corrected chi connectivity index (χ3v) is 4.29. The highest BCUT2D eigenvalue weighted by Gasteiger charge is 2.17. The second-order valence-corrected chi connectivity index (χ2v) is 6.22. The average Bonchev–Trinajstić information content (AvgIpc) is 2.61. The molecule has 2 aromatic carbocycles.